The highest BCUT2D eigenvalue weighted by Crippen LogP contribution is 2.31. The summed E-state index contributed by atoms with van der Waals surface area (Å²) in [6, 6.07) is 9.85. The molecule has 156 valence electrons. The third kappa shape index (κ3) is 3.81. The average Bonchev–Trinajstić information content (AvgIpc) is 3.26. The van der Waals surface area contributed by atoms with Gasteiger partial charge in [0.15, 0.2) is 5.16 Å². The van der Waals surface area contributed by atoms with Crippen molar-refractivity contribution < 1.29 is 4.79 Å². The summed E-state index contributed by atoms with van der Waals surface area (Å²) in [6.07, 6.45) is 6.47. The predicted octanol–water partition coefficient (Wildman–Crippen LogP) is 4.64. The number of hydrogen-bond donors (Lipinski definition) is 0. The molecule has 2 aromatic heterocycles. The first-order chi connectivity index (χ1) is 14.7. The Balaban J connectivity index is 1.40. The van der Waals surface area contributed by atoms with Crippen molar-refractivity contribution in [1.82, 2.24) is 14.5 Å². The minimum absolute atomic E-state index is 0.0309. The Hall–Kier alpha value is -2.12. The van der Waals surface area contributed by atoms with E-state index in [1.54, 1.807) is 11.3 Å². The first kappa shape index (κ1) is 19.8. The highest BCUT2D eigenvalue weighted by Gasteiger charge is 2.25. The largest absolute Gasteiger partial charge is 0.337 e. The molecule has 0 N–H and O–H groups in total. The summed E-state index contributed by atoms with van der Waals surface area (Å²) < 4.78 is 1.88. The third-order valence-corrected chi connectivity index (χ3v) is 8.16. The Bertz CT molecular complexity index is 1130. The van der Waals surface area contributed by atoms with Gasteiger partial charge in [0.25, 0.3) is 5.56 Å². The lowest BCUT2D eigenvalue weighted by molar-refractivity contribution is -0.129. The molecule has 0 bridgehead atoms. The summed E-state index contributed by atoms with van der Waals surface area (Å²) in [7, 11) is 0. The number of thiophene rings is 1. The molecule has 0 unspecified atom stereocenters. The van der Waals surface area contributed by atoms with E-state index in [9.17, 15) is 9.59 Å². The molecule has 1 amide bonds. The minimum atomic E-state index is 0.0309. The minimum Gasteiger partial charge on any atom is -0.337 e. The van der Waals surface area contributed by atoms with Gasteiger partial charge >= 0.3 is 0 Å². The number of fused-ring (bicyclic) bond motifs is 2. The van der Waals surface area contributed by atoms with E-state index >= 15 is 0 Å². The van der Waals surface area contributed by atoms with Crippen molar-refractivity contribution in [2.45, 2.75) is 56.3 Å². The molecule has 3 aromatic rings. The van der Waals surface area contributed by atoms with Gasteiger partial charge in [-0.2, -0.15) is 0 Å². The van der Waals surface area contributed by atoms with Gasteiger partial charge in [0.2, 0.25) is 5.91 Å². The van der Waals surface area contributed by atoms with Crippen LogP contribution in [0.1, 0.15) is 48.6 Å². The molecule has 3 heterocycles. The van der Waals surface area contributed by atoms with Crippen LogP contribution < -0.4 is 5.56 Å². The fourth-order valence-corrected chi connectivity index (χ4v) is 6.43. The molecule has 7 heteroatoms. The van der Waals surface area contributed by atoms with E-state index in [0.29, 0.717) is 28.4 Å². The van der Waals surface area contributed by atoms with Crippen LogP contribution >= 0.6 is 23.1 Å². The predicted molar refractivity (Wildman–Crippen MR) is 122 cm³/mol. The Morgan fingerprint density at radius 2 is 2.00 bits per heavy atom. The number of nitrogens with zero attached hydrogens (tertiary/aromatic N) is 3. The molecule has 1 aromatic carbocycles. The third-order valence-electron chi connectivity index (χ3n) is 6.20. The first-order valence-electron chi connectivity index (χ1n) is 10.7. The van der Waals surface area contributed by atoms with Crippen LogP contribution in [0.15, 0.2) is 45.7 Å². The van der Waals surface area contributed by atoms with Crippen LogP contribution in [0.4, 0.5) is 0 Å². The van der Waals surface area contributed by atoms with E-state index in [1.807, 2.05) is 33.7 Å². The van der Waals surface area contributed by atoms with E-state index in [4.69, 9.17) is 4.98 Å². The SMILES string of the molecule is O=C(CSc1nc2ccccc2c(=O)n1C1CCCCC1)N1CCc2sccc2C1. The number of carbonyl (C=O) groups excluding carboxylic acids is 1. The zero-order chi connectivity index (χ0) is 20.5. The lowest BCUT2D eigenvalue weighted by Crippen LogP contribution is -2.36. The number of para-hydroxylation sites is 1. The maximum atomic E-state index is 13.3. The maximum Gasteiger partial charge on any atom is 0.262 e. The van der Waals surface area contributed by atoms with Crippen LogP contribution in [-0.2, 0) is 17.8 Å². The van der Waals surface area contributed by atoms with Crippen LogP contribution in [0.5, 0.6) is 0 Å². The second kappa shape index (κ2) is 8.55. The Kier molecular flexibility index (Phi) is 5.65. The van der Waals surface area contributed by atoms with Crippen molar-refractivity contribution in [1.29, 1.82) is 0 Å². The molecule has 0 saturated heterocycles. The number of hydrogen-bond acceptors (Lipinski definition) is 5. The lowest BCUT2D eigenvalue weighted by atomic mass is 9.95. The summed E-state index contributed by atoms with van der Waals surface area (Å²) >= 11 is 3.20. The zero-order valence-electron chi connectivity index (χ0n) is 16.9. The van der Waals surface area contributed by atoms with E-state index in [2.05, 4.69) is 11.4 Å². The number of amides is 1. The summed E-state index contributed by atoms with van der Waals surface area (Å²) in [6.45, 7) is 1.46. The van der Waals surface area contributed by atoms with Gasteiger partial charge in [0.1, 0.15) is 0 Å². The molecule has 30 heavy (non-hydrogen) atoms. The monoisotopic (exact) mass is 439 g/mol. The summed E-state index contributed by atoms with van der Waals surface area (Å²) in [5.41, 5.74) is 2.02. The number of thioether (sulfide) groups is 1. The fourth-order valence-electron chi connectivity index (χ4n) is 4.57. The molecule has 0 spiro atoms. The Labute approximate surface area is 184 Å². The smallest absolute Gasteiger partial charge is 0.262 e. The number of aromatic nitrogens is 2. The standard InChI is InChI=1S/C23H25N3O2S2/c27-21(25-12-10-20-16(14-25)11-13-29-20)15-30-23-24-19-9-5-4-8-18(19)22(28)26(23)17-6-2-1-3-7-17/h4-5,8-9,11,13,17H,1-3,6-7,10,12,14-15H2. The second-order valence-electron chi connectivity index (χ2n) is 8.10. The van der Waals surface area contributed by atoms with E-state index in [0.717, 1.165) is 38.6 Å². The summed E-state index contributed by atoms with van der Waals surface area (Å²) in [5.74, 6) is 0.436. The normalized spacial score (nSPS) is 17.3. The van der Waals surface area contributed by atoms with E-state index in [-0.39, 0.29) is 17.5 Å². The van der Waals surface area contributed by atoms with Crippen molar-refractivity contribution in [2.75, 3.05) is 12.3 Å². The van der Waals surface area contributed by atoms with Gasteiger partial charge in [0.05, 0.1) is 16.7 Å². The van der Waals surface area contributed by atoms with Crippen LogP contribution in [0.3, 0.4) is 0 Å². The zero-order valence-corrected chi connectivity index (χ0v) is 18.5. The molecule has 5 nitrogen and oxygen atoms in total. The van der Waals surface area contributed by atoms with Crippen LogP contribution in [0.2, 0.25) is 0 Å². The van der Waals surface area contributed by atoms with Crippen molar-refractivity contribution in [3.05, 3.63) is 56.5 Å². The van der Waals surface area contributed by atoms with E-state index < -0.39 is 0 Å². The maximum absolute atomic E-state index is 13.3. The van der Waals surface area contributed by atoms with Gasteiger partial charge in [-0.1, -0.05) is 43.2 Å². The van der Waals surface area contributed by atoms with Gasteiger partial charge < -0.3 is 4.90 Å². The molecule has 1 saturated carbocycles. The molecule has 5 rings (SSSR count). The van der Waals surface area contributed by atoms with Gasteiger partial charge in [0, 0.05) is 24.0 Å². The van der Waals surface area contributed by atoms with Crippen LogP contribution in [-0.4, -0.2) is 32.7 Å². The van der Waals surface area contributed by atoms with Gasteiger partial charge in [-0.15, -0.1) is 11.3 Å². The van der Waals surface area contributed by atoms with Gasteiger partial charge in [-0.3, -0.25) is 14.2 Å². The number of carbonyl (C=O) groups is 1. The molecule has 0 radical (unpaired) electrons. The number of benzene rings is 1. The fraction of sp³-hybridized carbons (Fsp3) is 0.435. The number of rotatable bonds is 4. The molecule has 1 fully saturated rings. The molecule has 0 atom stereocenters. The molecule has 2 aliphatic rings. The summed E-state index contributed by atoms with van der Waals surface area (Å²) in [4.78, 5) is 34.4. The van der Waals surface area contributed by atoms with Crippen LogP contribution in [0, 0.1) is 0 Å². The topological polar surface area (TPSA) is 55.2 Å². The summed E-state index contributed by atoms with van der Waals surface area (Å²) in [5, 5.41) is 3.46. The molecular weight excluding hydrogens is 414 g/mol. The average molecular weight is 440 g/mol. The Morgan fingerprint density at radius 3 is 2.87 bits per heavy atom. The molecule has 1 aliphatic carbocycles. The first-order valence-corrected chi connectivity index (χ1v) is 12.5. The van der Waals surface area contributed by atoms with E-state index in [1.165, 1.54) is 28.6 Å². The van der Waals surface area contributed by atoms with Crippen molar-refractivity contribution >= 4 is 39.9 Å². The molecular formula is C23H25N3O2S2. The highest BCUT2D eigenvalue weighted by atomic mass is 32.2. The van der Waals surface area contributed by atoms with Gasteiger partial charge in [-0.25, -0.2) is 4.98 Å². The lowest BCUT2D eigenvalue weighted by Gasteiger charge is -2.28. The Morgan fingerprint density at radius 1 is 1.17 bits per heavy atom. The van der Waals surface area contributed by atoms with Crippen molar-refractivity contribution in [3.8, 4) is 0 Å². The van der Waals surface area contributed by atoms with Crippen molar-refractivity contribution in [2.24, 2.45) is 0 Å². The highest BCUT2D eigenvalue weighted by molar-refractivity contribution is 7.99. The van der Waals surface area contributed by atoms with Crippen LogP contribution in [0.25, 0.3) is 10.9 Å². The molecule has 1 aliphatic heterocycles. The van der Waals surface area contributed by atoms with Crippen molar-refractivity contribution in [3.63, 3.8) is 0 Å². The quantitative estimate of drug-likeness (QED) is 0.439. The van der Waals surface area contributed by atoms with Gasteiger partial charge in [-0.05, 0) is 48.4 Å². The second-order valence-corrected chi connectivity index (χ2v) is 10.0.